The Kier molecular flexibility index (Phi) is 5.33. The van der Waals surface area contributed by atoms with Gasteiger partial charge >= 0.3 is 0 Å². The van der Waals surface area contributed by atoms with Crippen LogP contribution in [-0.2, 0) is 0 Å². The molecule has 0 bridgehead atoms. The molecule has 0 fully saturated rings. The molecule has 0 saturated carbocycles. The Balaban J connectivity index is 1.85. The van der Waals surface area contributed by atoms with Gasteiger partial charge in [0.2, 0.25) is 0 Å². The van der Waals surface area contributed by atoms with E-state index in [2.05, 4.69) is 5.10 Å². The first-order chi connectivity index (χ1) is 15.0. The van der Waals surface area contributed by atoms with Gasteiger partial charge in [0.1, 0.15) is 17.3 Å². The summed E-state index contributed by atoms with van der Waals surface area (Å²) in [5.74, 6) is 0. The van der Waals surface area contributed by atoms with Gasteiger partial charge < -0.3 is 0 Å². The summed E-state index contributed by atoms with van der Waals surface area (Å²) in [5, 5.41) is 18.5. The van der Waals surface area contributed by atoms with E-state index in [1.165, 1.54) is 4.68 Å². The van der Waals surface area contributed by atoms with Crippen LogP contribution in [0.2, 0.25) is 0 Å². The molecule has 0 aliphatic rings. The number of nitrogens with zero attached hydrogens (tertiary/aromatic N) is 5. The van der Waals surface area contributed by atoms with E-state index in [1.54, 1.807) is 30.8 Å². The minimum atomic E-state index is -0.427. The normalized spacial score (nSPS) is 11.0. The van der Waals surface area contributed by atoms with Gasteiger partial charge in [0, 0.05) is 23.0 Å². The maximum atomic E-state index is 12.7. The molecule has 2 heterocycles. The molecule has 152 valence electrons. The Morgan fingerprint density at radius 3 is 2.42 bits per heavy atom. The highest BCUT2D eigenvalue weighted by Gasteiger charge is 2.13. The van der Waals surface area contributed by atoms with Crippen molar-refractivity contribution in [2.75, 3.05) is 0 Å². The summed E-state index contributed by atoms with van der Waals surface area (Å²) in [5.41, 5.74) is 5.53. The lowest BCUT2D eigenvalue weighted by molar-refractivity contribution is 0.786. The third-order valence-electron chi connectivity index (χ3n) is 5.07. The molecule has 31 heavy (non-hydrogen) atoms. The number of nitriles is 1. The third kappa shape index (κ3) is 3.94. The summed E-state index contributed by atoms with van der Waals surface area (Å²) in [6, 6.07) is 21.7. The van der Waals surface area contributed by atoms with Crippen molar-refractivity contribution in [2.45, 2.75) is 20.8 Å². The van der Waals surface area contributed by atoms with E-state index in [0.717, 1.165) is 28.1 Å². The van der Waals surface area contributed by atoms with Crippen LogP contribution in [0.25, 0.3) is 16.9 Å². The van der Waals surface area contributed by atoms with E-state index >= 15 is 0 Å². The molecule has 0 aliphatic heterocycles. The van der Waals surface area contributed by atoms with Crippen LogP contribution in [0.4, 0.5) is 0 Å². The molecule has 4 rings (SSSR count). The second-order valence-electron chi connectivity index (χ2n) is 7.40. The number of rotatable bonds is 4. The Bertz CT molecular complexity index is 1370. The van der Waals surface area contributed by atoms with Gasteiger partial charge in [0.05, 0.1) is 11.9 Å². The fourth-order valence-corrected chi connectivity index (χ4v) is 3.41. The lowest BCUT2D eigenvalue weighted by atomic mass is 10.1. The molecule has 0 saturated heterocycles. The Morgan fingerprint density at radius 2 is 1.74 bits per heavy atom. The van der Waals surface area contributed by atoms with Gasteiger partial charge in [0.25, 0.3) is 5.56 Å². The lowest BCUT2D eigenvalue weighted by Crippen LogP contribution is -2.22. The topological polar surface area (TPSA) is 76.0 Å². The maximum Gasteiger partial charge on any atom is 0.289 e. The molecule has 0 aliphatic carbocycles. The quantitative estimate of drug-likeness (QED) is 0.471. The average molecular weight is 407 g/mol. The number of aryl methyl sites for hydroxylation is 3. The first-order valence-electron chi connectivity index (χ1n) is 9.88. The zero-order chi connectivity index (χ0) is 22.0. The molecular weight excluding hydrogens is 386 g/mol. The van der Waals surface area contributed by atoms with Crippen molar-refractivity contribution in [3.05, 3.63) is 105 Å². The summed E-state index contributed by atoms with van der Waals surface area (Å²) in [4.78, 5) is 12.7. The van der Waals surface area contributed by atoms with Crippen molar-refractivity contribution in [2.24, 2.45) is 5.10 Å². The molecule has 6 heteroatoms. The van der Waals surface area contributed by atoms with Crippen molar-refractivity contribution in [3.8, 4) is 23.0 Å². The zero-order valence-corrected chi connectivity index (χ0v) is 17.6. The highest BCUT2D eigenvalue weighted by atomic mass is 16.1. The molecule has 0 spiro atoms. The summed E-state index contributed by atoms with van der Waals surface area (Å²) in [7, 11) is 0. The van der Waals surface area contributed by atoms with Crippen LogP contribution in [0.1, 0.15) is 27.9 Å². The Labute approximate surface area is 180 Å². The minimum Gasteiger partial charge on any atom is -0.266 e. The molecule has 0 N–H and O–H groups in total. The maximum absolute atomic E-state index is 12.7. The van der Waals surface area contributed by atoms with E-state index in [0.29, 0.717) is 11.3 Å². The second-order valence-corrected chi connectivity index (χ2v) is 7.40. The van der Waals surface area contributed by atoms with E-state index in [1.807, 2.05) is 73.8 Å². The minimum absolute atomic E-state index is 0.0986. The first-order valence-corrected chi connectivity index (χ1v) is 9.88. The molecule has 2 aromatic carbocycles. The highest BCUT2D eigenvalue weighted by Crippen LogP contribution is 2.23. The van der Waals surface area contributed by atoms with Crippen LogP contribution in [-0.4, -0.2) is 20.7 Å². The predicted octanol–water partition coefficient (Wildman–Crippen LogP) is 4.38. The van der Waals surface area contributed by atoms with Gasteiger partial charge in [-0.3, -0.25) is 4.79 Å². The standard InChI is InChI=1S/C25H21N5O/c1-17-9-11-20(12-10-17)24-21(16-29(28-24)22-7-5-4-6-8-22)15-27-30-19(3)13-18(2)23(14-26)25(30)31/h4-13,15-16H,1-3H3. The highest BCUT2D eigenvalue weighted by molar-refractivity contribution is 5.88. The van der Waals surface area contributed by atoms with Crippen LogP contribution in [0.3, 0.4) is 0 Å². The third-order valence-corrected chi connectivity index (χ3v) is 5.07. The number of para-hydroxylation sites is 1. The summed E-state index contributed by atoms with van der Waals surface area (Å²) >= 11 is 0. The first kappa shape index (κ1) is 20.0. The van der Waals surface area contributed by atoms with Gasteiger partial charge in [0.15, 0.2) is 0 Å². The van der Waals surface area contributed by atoms with Crippen LogP contribution in [0, 0.1) is 32.1 Å². The molecule has 0 unspecified atom stereocenters. The van der Waals surface area contributed by atoms with Crippen molar-refractivity contribution in [3.63, 3.8) is 0 Å². The van der Waals surface area contributed by atoms with Crippen LogP contribution < -0.4 is 5.56 Å². The fourth-order valence-electron chi connectivity index (χ4n) is 3.41. The number of pyridine rings is 1. The predicted molar refractivity (Wildman–Crippen MR) is 122 cm³/mol. The average Bonchev–Trinajstić information content (AvgIpc) is 3.19. The number of hydrogen-bond acceptors (Lipinski definition) is 4. The largest absolute Gasteiger partial charge is 0.289 e. The van der Waals surface area contributed by atoms with E-state index in [-0.39, 0.29) is 5.56 Å². The van der Waals surface area contributed by atoms with Crippen molar-refractivity contribution >= 4 is 6.21 Å². The van der Waals surface area contributed by atoms with Crippen LogP contribution in [0.15, 0.2) is 76.8 Å². The monoisotopic (exact) mass is 407 g/mol. The van der Waals surface area contributed by atoms with Gasteiger partial charge in [-0.05, 0) is 44.5 Å². The number of aromatic nitrogens is 3. The molecule has 0 atom stereocenters. The van der Waals surface area contributed by atoms with Crippen LogP contribution >= 0.6 is 0 Å². The summed E-state index contributed by atoms with van der Waals surface area (Å²) in [6.45, 7) is 5.58. The summed E-state index contributed by atoms with van der Waals surface area (Å²) in [6.07, 6.45) is 3.50. The molecule has 4 aromatic rings. The van der Waals surface area contributed by atoms with Gasteiger partial charge in [-0.25, -0.2) is 9.36 Å². The van der Waals surface area contributed by atoms with Crippen LogP contribution in [0.5, 0.6) is 0 Å². The van der Waals surface area contributed by atoms with Crippen molar-refractivity contribution in [1.82, 2.24) is 14.5 Å². The smallest absolute Gasteiger partial charge is 0.266 e. The van der Waals surface area contributed by atoms with Crippen molar-refractivity contribution < 1.29 is 0 Å². The lowest BCUT2D eigenvalue weighted by Gasteiger charge is -2.06. The SMILES string of the molecule is Cc1ccc(-c2nn(-c3ccccc3)cc2C=Nn2c(C)cc(C)c(C#N)c2=O)cc1. The molecule has 0 amide bonds. The number of hydrogen-bond donors (Lipinski definition) is 0. The van der Waals surface area contributed by atoms with E-state index in [9.17, 15) is 10.1 Å². The van der Waals surface area contributed by atoms with Gasteiger partial charge in [-0.2, -0.15) is 15.5 Å². The van der Waals surface area contributed by atoms with Gasteiger partial charge in [-0.15, -0.1) is 0 Å². The van der Waals surface area contributed by atoms with E-state index in [4.69, 9.17) is 5.10 Å². The number of benzene rings is 2. The summed E-state index contributed by atoms with van der Waals surface area (Å²) < 4.78 is 3.05. The zero-order valence-electron chi connectivity index (χ0n) is 17.6. The van der Waals surface area contributed by atoms with Gasteiger partial charge in [-0.1, -0.05) is 48.0 Å². The van der Waals surface area contributed by atoms with Crippen molar-refractivity contribution in [1.29, 1.82) is 5.26 Å². The van der Waals surface area contributed by atoms with E-state index < -0.39 is 5.56 Å². The second kappa shape index (κ2) is 8.25. The molecule has 6 nitrogen and oxygen atoms in total. The fraction of sp³-hybridized carbons (Fsp3) is 0.120. The Morgan fingerprint density at radius 1 is 1.03 bits per heavy atom. The molecular formula is C25H21N5O. The molecule has 0 radical (unpaired) electrons. The Hall–Kier alpha value is -4.24. The molecule has 2 aromatic heterocycles.